The average Bonchev–Trinajstić information content (AvgIpc) is 2.68. The fourth-order valence-electron chi connectivity index (χ4n) is 2.70. The molecule has 0 spiro atoms. The Hall–Kier alpha value is -2.37. The maximum Gasteiger partial charge on any atom is 0.191 e. The van der Waals surface area contributed by atoms with Gasteiger partial charge in [0.05, 0.1) is 19.8 Å². The quantitative estimate of drug-likeness (QED) is 0.383. The standard InChI is InChI=1S/C22H31N3O2/c1-4-26-11-12-27-17-21-10-6-9-20(14-21)16-25-22(23-3)24-15-19-8-5-7-18(2)13-19/h5-10,13-14H,4,11-12,15-17H2,1-3H3,(H2,23,24,25). The molecule has 0 fully saturated rings. The second-order valence-corrected chi connectivity index (χ2v) is 6.34. The zero-order valence-electron chi connectivity index (χ0n) is 16.6. The molecule has 146 valence electrons. The van der Waals surface area contributed by atoms with E-state index in [9.17, 15) is 0 Å². The highest BCUT2D eigenvalue weighted by molar-refractivity contribution is 5.79. The predicted molar refractivity (Wildman–Crippen MR) is 111 cm³/mol. The van der Waals surface area contributed by atoms with E-state index in [0.717, 1.165) is 24.7 Å². The Labute approximate surface area is 162 Å². The molecule has 0 amide bonds. The first-order valence-electron chi connectivity index (χ1n) is 9.44. The van der Waals surface area contributed by atoms with Crippen molar-refractivity contribution in [3.8, 4) is 0 Å². The Balaban J connectivity index is 1.77. The van der Waals surface area contributed by atoms with Crippen molar-refractivity contribution >= 4 is 5.96 Å². The Morgan fingerprint density at radius 1 is 0.889 bits per heavy atom. The van der Waals surface area contributed by atoms with Crippen LogP contribution in [0, 0.1) is 6.92 Å². The van der Waals surface area contributed by atoms with Gasteiger partial charge < -0.3 is 20.1 Å². The highest BCUT2D eigenvalue weighted by Crippen LogP contribution is 2.07. The van der Waals surface area contributed by atoms with Crippen LogP contribution in [0.1, 0.15) is 29.2 Å². The van der Waals surface area contributed by atoms with Crippen LogP contribution in [-0.2, 0) is 29.2 Å². The van der Waals surface area contributed by atoms with Gasteiger partial charge in [0.2, 0.25) is 0 Å². The molecule has 0 aliphatic heterocycles. The van der Waals surface area contributed by atoms with E-state index in [1.54, 1.807) is 7.05 Å². The molecule has 2 N–H and O–H groups in total. The summed E-state index contributed by atoms with van der Waals surface area (Å²) in [4.78, 5) is 4.30. The van der Waals surface area contributed by atoms with Crippen molar-refractivity contribution in [2.75, 3.05) is 26.9 Å². The predicted octanol–water partition coefficient (Wildman–Crippen LogP) is 3.41. The molecule has 2 rings (SSSR count). The zero-order chi connectivity index (χ0) is 19.3. The number of aliphatic imine (C=N–C) groups is 1. The Kier molecular flexibility index (Phi) is 9.38. The lowest BCUT2D eigenvalue weighted by molar-refractivity contribution is 0.0453. The van der Waals surface area contributed by atoms with E-state index < -0.39 is 0 Å². The van der Waals surface area contributed by atoms with Crippen molar-refractivity contribution < 1.29 is 9.47 Å². The topological polar surface area (TPSA) is 54.9 Å². The van der Waals surface area contributed by atoms with E-state index in [-0.39, 0.29) is 0 Å². The SMILES string of the molecule is CCOCCOCc1cccc(CNC(=NC)NCc2cccc(C)c2)c1. The molecule has 5 heteroatoms. The number of benzene rings is 2. The number of nitrogens with one attached hydrogen (secondary N) is 2. The molecule has 0 unspecified atom stereocenters. The smallest absolute Gasteiger partial charge is 0.191 e. The second kappa shape index (κ2) is 12.1. The van der Waals surface area contributed by atoms with Gasteiger partial charge in [-0.25, -0.2) is 0 Å². The third-order valence-corrected chi connectivity index (χ3v) is 4.06. The number of nitrogens with zero attached hydrogens (tertiary/aromatic N) is 1. The minimum atomic E-state index is 0.598. The van der Waals surface area contributed by atoms with Gasteiger partial charge in [-0.3, -0.25) is 4.99 Å². The van der Waals surface area contributed by atoms with Crippen LogP contribution in [0.25, 0.3) is 0 Å². The largest absolute Gasteiger partial charge is 0.379 e. The summed E-state index contributed by atoms with van der Waals surface area (Å²) in [7, 11) is 1.79. The van der Waals surface area contributed by atoms with E-state index in [1.165, 1.54) is 16.7 Å². The van der Waals surface area contributed by atoms with Crippen LogP contribution in [0.15, 0.2) is 53.5 Å². The summed E-state index contributed by atoms with van der Waals surface area (Å²) >= 11 is 0. The minimum Gasteiger partial charge on any atom is -0.379 e. The maximum absolute atomic E-state index is 5.64. The van der Waals surface area contributed by atoms with E-state index >= 15 is 0 Å². The number of hydrogen-bond donors (Lipinski definition) is 2. The molecular weight excluding hydrogens is 338 g/mol. The number of guanidine groups is 1. The van der Waals surface area contributed by atoms with E-state index in [0.29, 0.717) is 26.4 Å². The molecular formula is C22H31N3O2. The van der Waals surface area contributed by atoms with E-state index in [4.69, 9.17) is 9.47 Å². The van der Waals surface area contributed by atoms with Crippen molar-refractivity contribution in [2.24, 2.45) is 4.99 Å². The van der Waals surface area contributed by atoms with Gasteiger partial charge in [0.15, 0.2) is 5.96 Å². The van der Waals surface area contributed by atoms with Gasteiger partial charge in [0, 0.05) is 26.7 Å². The first kappa shape index (κ1) is 20.9. The average molecular weight is 370 g/mol. The molecule has 0 aromatic heterocycles. The zero-order valence-corrected chi connectivity index (χ0v) is 16.6. The lowest BCUT2D eigenvalue weighted by Gasteiger charge is -2.13. The highest BCUT2D eigenvalue weighted by Gasteiger charge is 2.01. The summed E-state index contributed by atoms with van der Waals surface area (Å²) in [6.45, 7) is 8.12. The van der Waals surface area contributed by atoms with Gasteiger partial charge in [-0.1, -0.05) is 54.1 Å². The number of aryl methyl sites for hydroxylation is 1. The molecule has 0 aliphatic rings. The van der Waals surface area contributed by atoms with Gasteiger partial charge >= 0.3 is 0 Å². The van der Waals surface area contributed by atoms with Gasteiger partial charge in [0.1, 0.15) is 0 Å². The third-order valence-electron chi connectivity index (χ3n) is 4.06. The fraction of sp³-hybridized carbons (Fsp3) is 0.409. The van der Waals surface area contributed by atoms with Crippen LogP contribution < -0.4 is 10.6 Å². The summed E-state index contributed by atoms with van der Waals surface area (Å²) in [5.41, 5.74) is 4.86. The van der Waals surface area contributed by atoms with Crippen molar-refractivity contribution in [3.05, 3.63) is 70.8 Å². The molecule has 0 bridgehead atoms. The van der Waals surface area contributed by atoms with Crippen molar-refractivity contribution in [2.45, 2.75) is 33.5 Å². The number of ether oxygens (including phenoxy) is 2. The van der Waals surface area contributed by atoms with Crippen LogP contribution in [-0.4, -0.2) is 32.8 Å². The van der Waals surface area contributed by atoms with Gasteiger partial charge in [-0.15, -0.1) is 0 Å². The molecule has 27 heavy (non-hydrogen) atoms. The monoisotopic (exact) mass is 369 g/mol. The Morgan fingerprint density at radius 3 is 2.19 bits per heavy atom. The van der Waals surface area contributed by atoms with E-state index in [1.807, 2.05) is 6.92 Å². The normalized spacial score (nSPS) is 11.4. The van der Waals surface area contributed by atoms with Crippen molar-refractivity contribution in [3.63, 3.8) is 0 Å². The Bertz CT molecular complexity index is 716. The Morgan fingerprint density at radius 2 is 1.52 bits per heavy atom. The highest BCUT2D eigenvalue weighted by atomic mass is 16.5. The molecule has 2 aromatic carbocycles. The first-order valence-corrected chi connectivity index (χ1v) is 9.44. The molecule has 0 heterocycles. The minimum absolute atomic E-state index is 0.598. The lowest BCUT2D eigenvalue weighted by Crippen LogP contribution is -2.36. The van der Waals surface area contributed by atoms with Crippen LogP contribution in [0.3, 0.4) is 0 Å². The van der Waals surface area contributed by atoms with Gasteiger partial charge in [-0.05, 0) is 30.5 Å². The summed E-state index contributed by atoms with van der Waals surface area (Å²) in [6.07, 6.45) is 0. The van der Waals surface area contributed by atoms with Crippen LogP contribution >= 0.6 is 0 Å². The fourth-order valence-corrected chi connectivity index (χ4v) is 2.70. The van der Waals surface area contributed by atoms with Gasteiger partial charge in [-0.2, -0.15) is 0 Å². The van der Waals surface area contributed by atoms with Gasteiger partial charge in [0.25, 0.3) is 0 Å². The van der Waals surface area contributed by atoms with Crippen molar-refractivity contribution in [1.82, 2.24) is 10.6 Å². The molecule has 0 radical (unpaired) electrons. The van der Waals surface area contributed by atoms with Crippen LogP contribution in [0.4, 0.5) is 0 Å². The molecule has 0 saturated carbocycles. The number of hydrogen-bond acceptors (Lipinski definition) is 3. The van der Waals surface area contributed by atoms with Crippen molar-refractivity contribution in [1.29, 1.82) is 0 Å². The molecule has 0 aliphatic carbocycles. The molecule has 5 nitrogen and oxygen atoms in total. The van der Waals surface area contributed by atoms with Crippen LogP contribution in [0.2, 0.25) is 0 Å². The lowest BCUT2D eigenvalue weighted by atomic mass is 10.1. The summed E-state index contributed by atoms with van der Waals surface area (Å²) < 4.78 is 10.9. The van der Waals surface area contributed by atoms with Crippen LogP contribution in [0.5, 0.6) is 0 Å². The molecule has 0 saturated heterocycles. The summed E-state index contributed by atoms with van der Waals surface area (Å²) in [5.74, 6) is 0.787. The third kappa shape index (κ3) is 8.24. The van der Waals surface area contributed by atoms with E-state index in [2.05, 4.69) is 71.1 Å². The maximum atomic E-state index is 5.64. The molecule has 2 aromatic rings. The number of rotatable bonds is 10. The molecule has 0 atom stereocenters. The summed E-state index contributed by atoms with van der Waals surface area (Å²) in [6, 6.07) is 16.9. The first-order chi connectivity index (χ1) is 13.2. The summed E-state index contributed by atoms with van der Waals surface area (Å²) in [5, 5.41) is 6.71. The second-order valence-electron chi connectivity index (χ2n) is 6.34.